The van der Waals surface area contributed by atoms with Gasteiger partial charge in [-0.3, -0.25) is 4.79 Å². The first-order valence-corrected chi connectivity index (χ1v) is 12.4. The second-order valence-electron chi connectivity index (χ2n) is 7.96. The zero-order chi connectivity index (χ0) is 23.6. The van der Waals surface area contributed by atoms with E-state index in [1.807, 2.05) is 6.92 Å². The Balaban J connectivity index is -0.000000386. The van der Waals surface area contributed by atoms with Crippen molar-refractivity contribution in [1.29, 1.82) is 0 Å². The van der Waals surface area contributed by atoms with Gasteiger partial charge in [0.2, 0.25) is 0 Å². The van der Waals surface area contributed by atoms with Crippen LogP contribution < -0.4 is 0 Å². The lowest BCUT2D eigenvalue weighted by Gasteiger charge is -2.16. The van der Waals surface area contributed by atoms with Crippen molar-refractivity contribution in [3.8, 4) is 0 Å². The second-order valence-corrected chi connectivity index (χ2v) is 7.96. The van der Waals surface area contributed by atoms with Gasteiger partial charge in [0.05, 0.1) is 12.2 Å². The maximum absolute atomic E-state index is 11.2. The van der Waals surface area contributed by atoms with Gasteiger partial charge in [0, 0.05) is 12.8 Å². The third-order valence-corrected chi connectivity index (χ3v) is 4.81. The Morgan fingerprint density at radius 2 is 1.07 bits per heavy atom. The van der Waals surface area contributed by atoms with Crippen molar-refractivity contribution in [2.45, 2.75) is 149 Å². The van der Waals surface area contributed by atoms with Crippen molar-refractivity contribution < 1.29 is 24.9 Å². The molecule has 0 aromatic rings. The lowest BCUT2D eigenvalue weighted by atomic mass is 10.0. The van der Waals surface area contributed by atoms with Crippen LogP contribution in [0.1, 0.15) is 131 Å². The molecule has 0 radical (unpaired) electrons. The Morgan fingerprint density at radius 3 is 1.40 bits per heavy atom. The third-order valence-electron chi connectivity index (χ3n) is 4.81. The van der Waals surface area contributed by atoms with Gasteiger partial charge in [0.25, 0.3) is 0 Å². The van der Waals surface area contributed by atoms with Gasteiger partial charge in [0.1, 0.15) is 12.4 Å². The van der Waals surface area contributed by atoms with Gasteiger partial charge in [-0.25, -0.2) is 0 Å². The molecular formula is C25H52O5. The van der Waals surface area contributed by atoms with Crippen molar-refractivity contribution in [2.24, 2.45) is 0 Å². The second kappa shape index (κ2) is 28.2. The topological polar surface area (TPSA) is 94.8 Å². The monoisotopic (exact) mass is 432 g/mol. The number of rotatable bonds is 17. The minimum Gasteiger partial charge on any atom is -0.390 e. The van der Waals surface area contributed by atoms with Gasteiger partial charge in [-0.15, -0.1) is 0 Å². The maximum Gasteiger partial charge on any atom is 0.161 e. The summed E-state index contributed by atoms with van der Waals surface area (Å²) >= 11 is 0. The van der Waals surface area contributed by atoms with E-state index in [0.717, 1.165) is 89.8 Å². The summed E-state index contributed by atoms with van der Waals surface area (Å²) in [7, 11) is 0. The molecule has 5 heteroatoms. The number of aliphatic hydroxyl groups is 3. The first kappa shape index (κ1) is 33.8. The van der Waals surface area contributed by atoms with Gasteiger partial charge < -0.3 is 20.1 Å². The molecule has 3 atom stereocenters. The molecule has 0 amide bonds. The summed E-state index contributed by atoms with van der Waals surface area (Å²) in [6, 6.07) is 0. The van der Waals surface area contributed by atoms with Crippen molar-refractivity contribution in [1.82, 2.24) is 0 Å². The minimum atomic E-state index is -0.698. The third kappa shape index (κ3) is 27.2. The van der Waals surface area contributed by atoms with Crippen molar-refractivity contribution in [3.63, 3.8) is 0 Å². The van der Waals surface area contributed by atoms with Crippen LogP contribution in [-0.4, -0.2) is 45.7 Å². The first-order valence-electron chi connectivity index (χ1n) is 12.4. The van der Waals surface area contributed by atoms with Gasteiger partial charge in [-0.2, -0.15) is 0 Å². The molecule has 0 rings (SSSR count). The Bertz CT molecular complexity index is 334. The highest BCUT2D eigenvalue weighted by Gasteiger charge is 2.14. The zero-order valence-electron chi connectivity index (χ0n) is 20.6. The lowest BCUT2D eigenvalue weighted by Crippen LogP contribution is -2.25. The summed E-state index contributed by atoms with van der Waals surface area (Å²) < 4.78 is 0. The van der Waals surface area contributed by atoms with Gasteiger partial charge in [0.15, 0.2) is 5.78 Å². The van der Waals surface area contributed by atoms with Crippen LogP contribution in [0.4, 0.5) is 0 Å². The van der Waals surface area contributed by atoms with Gasteiger partial charge in [-0.1, -0.05) is 86.0 Å². The molecule has 5 nitrogen and oxygen atoms in total. The summed E-state index contributed by atoms with van der Waals surface area (Å²) in [5, 5.41) is 28.2. The smallest absolute Gasteiger partial charge is 0.161 e. The molecule has 3 N–H and O–H groups in total. The maximum atomic E-state index is 11.2. The fraction of sp³-hybridized carbons (Fsp3) is 0.920. The van der Waals surface area contributed by atoms with Crippen LogP contribution in [0.3, 0.4) is 0 Å². The predicted molar refractivity (Wildman–Crippen MR) is 127 cm³/mol. The molecule has 182 valence electrons. The molecule has 0 bridgehead atoms. The van der Waals surface area contributed by atoms with E-state index in [1.54, 1.807) is 0 Å². The van der Waals surface area contributed by atoms with Crippen molar-refractivity contribution in [3.05, 3.63) is 0 Å². The molecule has 0 aromatic carbocycles. The molecule has 0 saturated carbocycles. The fourth-order valence-electron chi connectivity index (χ4n) is 2.57. The molecule has 0 heterocycles. The molecule has 3 unspecified atom stereocenters. The fourth-order valence-corrected chi connectivity index (χ4v) is 2.57. The van der Waals surface area contributed by atoms with Crippen molar-refractivity contribution >= 4 is 12.1 Å². The normalized spacial score (nSPS) is 13.2. The molecule has 0 aliphatic heterocycles. The first-order chi connectivity index (χ1) is 14.4. The van der Waals surface area contributed by atoms with E-state index in [-0.39, 0.29) is 5.78 Å². The number of hydrogen-bond acceptors (Lipinski definition) is 5. The van der Waals surface area contributed by atoms with E-state index < -0.39 is 18.3 Å². The van der Waals surface area contributed by atoms with Crippen LogP contribution in [-0.2, 0) is 9.59 Å². The zero-order valence-corrected chi connectivity index (χ0v) is 20.6. The molecule has 0 fully saturated rings. The number of ketones is 1. The quantitative estimate of drug-likeness (QED) is 0.201. The average molecular weight is 433 g/mol. The molecule has 0 saturated heterocycles. The highest BCUT2D eigenvalue weighted by molar-refractivity contribution is 5.82. The highest BCUT2D eigenvalue weighted by atomic mass is 16.3. The number of Topliss-reactive ketones (excluding diaryl/α,β-unsaturated/α-hetero) is 1. The summed E-state index contributed by atoms with van der Waals surface area (Å²) in [5.74, 6) is 0.0188. The van der Waals surface area contributed by atoms with Crippen molar-refractivity contribution in [2.75, 3.05) is 0 Å². The Hall–Kier alpha value is -0.780. The number of aldehydes is 1. The minimum absolute atomic E-state index is 0.0188. The van der Waals surface area contributed by atoms with Crippen LogP contribution in [0.2, 0.25) is 0 Å². The van der Waals surface area contributed by atoms with Crippen LogP contribution in [0.15, 0.2) is 0 Å². The predicted octanol–water partition coefficient (Wildman–Crippen LogP) is 5.76. The van der Waals surface area contributed by atoms with Gasteiger partial charge >= 0.3 is 0 Å². The molecule has 0 aromatic heterocycles. The molecule has 0 aliphatic rings. The van der Waals surface area contributed by atoms with E-state index in [2.05, 4.69) is 27.7 Å². The van der Waals surface area contributed by atoms with E-state index >= 15 is 0 Å². The van der Waals surface area contributed by atoms with Crippen LogP contribution >= 0.6 is 0 Å². The number of carbonyl (C=O) groups is 2. The Kier molecular flexibility index (Phi) is 31.8. The summed E-state index contributed by atoms with van der Waals surface area (Å²) in [6.07, 6.45) is 12.9. The van der Waals surface area contributed by atoms with E-state index in [9.17, 15) is 24.9 Å². The Morgan fingerprint density at radius 1 is 0.667 bits per heavy atom. The average Bonchev–Trinajstić information content (AvgIpc) is 2.76. The molecule has 0 spiro atoms. The molecular weight excluding hydrogens is 380 g/mol. The highest BCUT2D eigenvalue weighted by Crippen LogP contribution is 2.10. The largest absolute Gasteiger partial charge is 0.390 e. The van der Waals surface area contributed by atoms with E-state index in [1.165, 1.54) is 0 Å². The lowest BCUT2D eigenvalue weighted by molar-refractivity contribution is -0.127. The van der Waals surface area contributed by atoms with Crippen LogP contribution in [0.5, 0.6) is 0 Å². The number of unbranched alkanes of at least 4 members (excludes halogenated alkanes) is 6. The van der Waals surface area contributed by atoms with Crippen LogP contribution in [0, 0.1) is 0 Å². The van der Waals surface area contributed by atoms with Gasteiger partial charge in [-0.05, 0) is 32.1 Å². The standard InChI is InChI=1S/C10H22O2.C10H20O2.C5H10O/c2*1-3-5-7-9(11)10(12)8-6-4-2;1-2-3-4-5-6/h9-12H,3-8H2,1-2H3;9,11H,3-8H2,1-2H3;5H,2-4H2,1H3. The number of hydrogen-bond donors (Lipinski definition) is 3. The van der Waals surface area contributed by atoms with Crippen LogP contribution in [0.25, 0.3) is 0 Å². The number of aliphatic hydroxyl groups excluding tert-OH is 3. The molecule has 30 heavy (non-hydrogen) atoms. The summed E-state index contributed by atoms with van der Waals surface area (Å²) in [5.41, 5.74) is 0. The molecule has 0 aliphatic carbocycles. The number of carbonyl (C=O) groups excluding carboxylic acids is 2. The van der Waals surface area contributed by atoms with E-state index in [0.29, 0.717) is 12.8 Å². The SMILES string of the molecule is CCCCC(=O)C(O)CCCC.CCCCC(O)C(O)CCCC.CCCCC=O. The summed E-state index contributed by atoms with van der Waals surface area (Å²) in [4.78, 5) is 20.7. The summed E-state index contributed by atoms with van der Waals surface area (Å²) in [6.45, 7) is 10.4. The Labute approximate surface area is 186 Å². The van der Waals surface area contributed by atoms with E-state index in [4.69, 9.17) is 0 Å².